The summed E-state index contributed by atoms with van der Waals surface area (Å²) in [7, 11) is 0. The van der Waals surface area contributed by atoms with Crippen molar-refractivity contribution in [3.05, 3.63) is 51.4 Å². The van der Waals surface area contributed by atoms with Crippen LogP contribution in [0.15, 0.2) is 29.1 Å². The maximum absolute atomic E-state index is 12.1. The van der Waals surface area contributed by atoms with Gasteiger partial charge in [0.25, 0.3) is 5.56 Å². The van der Waals surface area contributed by atoms with Crippen molar-refractivity contribution >= 4 is 0 Å². The Morgan fingerprint density at radius 3 is 2.06 bits per heavy atom. The third kappa shape index (κ3) is 2.13. The molecule has 3 heteroatoms. The molecule has 1 aromatic heterocycles. The monoisotopic (exact) mass is 244 g/mol. The highest BCUT2D eigenvalue weighted by molar-refractivity contribution is 5.38. The summed E-state index contributed by atoms with van der Waals surface area (Å²) in [4.78, 5) is 12.1. The number of aromatic amines is 1. The predicted octanol–water partition coefficient (Wildman–Crippen LogP) is 3.08. The van der Waals surface area contributed by atoms with Crippen LogP contribution < -0.4 is 5.56 Å². The van der Waals surface area contributed by atoms with Crippen molar-refractivity contribution in [3.63, 3.8) is 0 Å². The molecule has 18 heavy (non-hydrogen) atoms. The van der Waals surface area contributed by atoms with E-state index in [4.69, 9.17) is 0 Å². The number of aromatic nitrogens is 2. The second-order valence-corrected chi connectivity index (χ2v) is 5.82. The first kappa shape index (κ1) is 12.7. The van der Waals surface area contributed by atoms with Gasteiger partial charge < -0.3 is 0 Å². The van der Waals surface area contributed by atoms with E-state index >= 15 is 0 Å². The van der Waals surface area contributed by atoms with Gasteiger partial charge in [-0.2, -0.15) is 0 Å². The smallest absolute Gasteiger partial charge is 0.268 e. The van der Waals surface area contributed by atoms with E-state index in [1.807, 2.05) is 35.9 Å². The van der Waals surface area contributed by atoms with E-state index < -0.39 is 0 Å². The highest BCUT2D eigenvalue weighted by Crippen LogP contribution is 2.23. The lowest BCUT2D eigenvalue weighted by Gasteiger charge is -2.17. The molecule has 2 aromatic rings. The first-order valence-corrected chi connectivity index (χ1v) is 6.20. The van der Waals surface area contributed by atoms with E-state index in [9.17, 15) is 4.79 Å². The molecular weight excluding hydrogens is 224 g/mol. The van der Waals surface area contributed by atoms with Gasteiger partial charge in [0.05, 0.1) is 5.69 Å². The van der Waals surface area contributed by atoms with Gasteiger partial charge in [-0.15, -0.1) is 0 Å². The zero-order chi connectivity index (χ0) is 13.5. The van der Waals surface area contributed by atoms with Gasteiger partial charge in [0, 0.05) is 11.3 Å². The van der Waals surface area contributed by atoms with Crippen LogP contribution in [0, 0.1) is 13.8 Å². The average molecular weight is 244 g/mol. The van der Waals surface area contributed by atoms with E-state index in [0.29, 0.717) is 0 Å². The Morgan fingerprint density at radius 2 is 1.61 bits per heavy atom. The number of benzene rings is 1. The van der Waals surface area contributed by atoms with Crippen LogP contribution in [0.5, 0.6) is 0 Å². The minimum absolute atomic E-state index is 0.000532. The van der Waals surface area contributed by atoms with Gasteiger partial charge in [-0.25, -0.2) is 0 Å². The molecule has 0 fully saturated rings. The Hall–Kier alpha value is -1.77. The van der Waals surface area contributed by atoms with E-state index in [-0.39, 0.29) is 11.0 Å². The summed E-state index contributed by atoms with van der Waals surface area (Å²) in [6, 6.07) is 8.13. The molecule has 2 rings (SSSR count). The Balaban J connectivity index is 2.61. The molecule has 1 N–H and O–H groups in total. The third-order valence-electron chi connectivity index (χ3n) is 3.18. The number of hydrogen-bond acceptors (Lipinski definition) is 1. The quantitative estimate of drug-likeness (QED) is 0.822. The summed E-state index contributed by atoms with van der Waals surface area (Å²) in [5.74, 6) is 0. The molecule has 1 aromatic carbocycles. The van der Waals surface area contributed by atoms with Gasteiger partial charge >= 0.3 is 0 Å². The second-order valence-electron chi connectivity index (χ2n) is 5.82. The third-order valence-corrected chi connectivity index (χ3v) is 3.18. The molecule has 0 aliphatic heterocycles. The highest BCUT2D eigenvalue weighted by atomic mass is 16.1. The second kappa shape index (κ2) is 4.16. The Morgan fingerprint density at radius 1 is 1.06 bits per heavy atom. The van der Waals surface area contributed by atoms with Crippen molar-refractivity contribution in [2.24, 2.45) is 0 Å². The lowest BCUT2D eigenvalue weighted by molar-refractivity contribution is 0.581. The Bertz CT molecular complexity index is 609. The van der Waals surface area contributed by atoms with E-state index in [2.05, 4.69) is 32.8 Å². The summed E-state index contributed by atoms with van der Waals surface area (Å²) >= 11 is 0. The van der Waals surface area contributed by atoms with Crippen LogP contribution in [0.1, 0.15) is 37.6 Å². The zero-order valence-corrected chi connectivity index (χ0v) is 11.7. The summed E-state index contributed by atoms with van der Waals surface area (Å²) in [5.41, 5.74) is 3.89. The number of aryl methyl sites for hydroxylation is 1. The molecule has 0 amide bonds. The molecule has 0 spiro atoms. The molecule has 0 saturated heterocycles. The van der Waals surface area contributed by atoms with Crippen LogP contribution >= 0.6 is 0 Å². The molecule has 0 bridgehead atoms. The Kier molecular flexibility index (Phi) is 2.93. The first-order chi connectivity index (χ1) is 8.30. The normalized spacial score (nSPS) is 11.8. The van der Waals surface area contributed by atoms with Crippen LogP contribution in [0.25, 0.3) is 5.69 Å². The van der Waals surface area contributed by atoms with Gasteiger partial charge in [-0.3, -0.25) is 14.6 Å². The van der Waals surface area contributed by atoms with Crippen molar-refractivity contribution in [3.8, 4) is 5.69 Å². The maximum Gasteiger partial charge on any atom is 0.268 e. The first-order valence-electron chi connectivity index (χ1n) is 6.20. The molecule has 0 saturated carbocycles. The molecule has 0 atom stereocenters. The van der Waals surface area contributed by atoms with Crippen molar-refractivity contribution < 1.29 is 0 Å². The van der Waals surface area contributed by atoms with Crippen molar-refractivity contribution in [1.29, 1.82) is 0 Å². The number of nitrogens with zero attached hydrogens (tertiary/aromatic N) is 1. The minimum Gasteiger partial charge on any atom is -0.268 e. The van der Waals surface area contributed by atoms with Gasteiger partial charge in [-0.1, -0.05) is 38.5 Å². The standard InChI is InChI=1S/C15H20N2O/c1-10-6-8-12(9-7-10)17-11(2)13(14(18)16-17)15(3,4)5/h6-9H,1-5H3,(H,16,18). The lowest BCUT2D eigenvalue weighted by Crippen LogP contribution is -2.21. The summed E-state index contributed by atoms with van der Waals surface area (Å²) in [5, 5.41) is 2.92. The molecule has 0 aliphatic rings. The van der Waals surface area contributed by atoms with Crippen LogP contribution in [0.4, 0.5) is 0 Å². The molecule has 0 aliphatic carbocycles. The largest absolute Gasteiger partial charge is 0.268 e. The van der Waals surface area contributed by atoms with Gasteiger partial charge in [0.1, 0.15) is 0 Å². The summed E-state index contributed by atoms with van der Waals surface area (Å²) < 4.78 is 1.86. The number of H-pyrrole nitrogens is 1. The SMILES string of the molecule is Cc1ccc(-n2[nH]c(=O)c(C(C)(C)C)c2C)cc1. The molecule has 3 nitrogen and oxygen atoms in total. The van der Waals surface area contributed by atoms with Crippen LogP contribution in [-0.4, -0.2) is 9.78 Å². The van der Waals surface area contributed by atoms with Gasteiger partial charge in [0.15, 0.2) is 0 Å². The molecule has 0 unspecified atom stereocenters. The summed E-state index contributed by atoms with van der Waals surface area (Å²) in [6.45, 7) is 10.2. The van der Waals surface area contributed by atoms with Gasteiger partial charge in [-0.05, 0) is 31.4 Å². The van der Waals surface area contributed by atoms with Crippen molar-refractivity contribution in [1.82, 2.24) is 9.78 Å². The minimum atomic E-state index is -0.145. The lowest BCUT2D eigenvalue weighted by atomic mass is 9.87. The number of hydrogen-bond donors (Lipinski definition) is 1. The van der Waals surface area contributed by atoms with Crippen LogP contribution in [-0.2, 0) is 5.41 Å². The average Bonchev–Trinajstić information content (AvgIpc) is 2.54. The van der Waals surface area contributed by atoms with E-state index in [1.165, 1.54) is 5.56 Å². The molecule has 96 valence electrons. The fourth-order valence-corrected chi connectivity index (χ4v) is 2.35. The fourth-order valence-electron chi connectivity index (χ4n) is 2.35. The van der Waals surface area contributed by atoms with E-state index in [1.54, 1.807) is 0 Å². The number of nitrogens with one attached hydrogen (secondary N) is 1. The molecule has 0 radical (unpaired) electrons. The van der Waals surface area contributed by atoms with Crippen molar-refractivity contribution in [2.75, 3.05) is 0 Å². The predicted molar refractivity (Wildman–Crippen MR) is 74.6 cm³/mol. The fraction of sp³-hybridized carbons (Fsp3) is 0.400. The van der Waals surface area contributed by atoms with Crippen molar-refractivity contribution in [2.45, 2.75) is 40.0 Å². The van der Waals surface area contributed by atoms with Gasteiger partial charge in [0.2, 0.25) is 0 Å². The summed E-state index contributed by atoms with van der Waals surface area (Å²) in [6.07, 6.45) is 0. The molecular formula is C15H20N2O. The van der Waals surface area contributed by atoms with Crippen LogP contribution in [0.3, 0.4) is 0 Å². The Labute approximate surface area is 107 Å². The van der Waals surface area contributed by atoms with Crippen LogP contribution in [0.2, 0.25) is 0 Å². The highest BCUT2D eigenvalue weighted by Gasteiger charge is 2.23. The molecule has 1 heterocycles. The zero-order valence-electron chi connectivity index (χ0n) is 11.7. The number of rotatable bonds is 1. The van der Waals surface area contributed by atoms with E-state index in [0.717, 1.165) is 16.9 Å². The maximum atomic E-state index is 12.1. The topological polar surface area (TPSA) is 37.8 Å².